The van der Waals surface area contributed by atoms with Crippen molar-refractivity contribution in [3.8, 4) is 0 Å². The molecule has 9 nitrogen and oxygen atoms in total. The van der Waals surface area contributed by atoms with E-state index in [1.54, 1.807) is 0 Å². The summed E-state index contributed by atoms with van der Waals surface area (Å²) in [6.07, 6.45) is 1.05. The number of hydrogen-bond acceptors (Lipinski definition) is 9. The molecule has 15 atom stereocenters. The number of rotatable bonds is 4. The number of ether oxygens (including phenoxy) is 2. The molecule has 6 rings (SSSR count). The summed E-state index contributed by atoms with van der Waals surface area (Å²) in [6, 6.07) is 0. The SMILES string of the molecule is CC1(C)C[C@H]2C3=CC[C@@H]4[C@@]5(C)CC[C@H](O[C@@H]6O[C@H](CO)[C@@H](O)[C@H](O)[C@H]6O)C(C)(C)[C@@H]5CC[C@@]4(C)[C@]3(C)CC[C@@]2(CO)[C@@H](O)[C@@H]1O. The number of hydrogen-bond donors (Lipinski definition) is 7. The van der Waals surface area contributed by atoms with E-state index in [9.17, 15) is 35.7 Å². The molecule has 0 aromatic rings. The predicted molar refractivity (Wildman–Crippen MR) is 168 cm³/mol. The molecule has 9 heteroatoms. The van der Waals surface area contributed by atoms with Gasteiger partial charge in [-0.3, -0.25) is 0 Å². The molecule has 0 radical (unpaired) electrons. The van der Waals surface area contributed by atoms with Crippen LogP contribution in [-0.2, 0) is 9.47 Å². The molecule has 0 aromatic heterocycles. The third-order valence-electron chi connectivity index (χ3n) is 15.5. The maximum Gasteiger partial charge on any atom is 0.186 e. The van der Waals surface area contributed by atoms with E-state index in [1.165, 1.54) is 5.57 Å². The molecular weight excluding hydrogens is 576 g/mol. The highest BCUT2D eigenvalue weighted by Gasteiger charge is 2.70. The van der Waals surface area contributed by atoms with Gasteiger partial charge in [0, 0.05) is 5.41 Å². The first kappa shape index (κ1) is 34.3. The van der Waals surface area contributed by atoms with E-state index in [-0.39, 0.29) is 40.3 Å². The Bertz CT molecular complexity index is 1170. The minimum atomic E-state index is -1.46. The molecule has 0 amide bonds. The molecule has 5 fully saturated rings. The minimum Gasteiger partial charge on any atom is -0.396 e. The van der Waals surface area contributed by atoms with Gasteiger partial charge in [-0.05, 0) is 96.2 Å². The van der Waals surface area contributed by atoms with Gasteiger partial charge in [0.1, 0.15) is 24.4 Å². The highest BCUT2D eigenvalue weighted by Crippen LogP contribution is 2.75. The van der Waals surface area contributed by atoms with Crippen molar-refractivity contribution in [3.05, 3.63) is 11.6 Å². The van der Waals surface area contributed by atoms with Crippen molar-refractivity contribution in [1.82, 2.24) is 0 Å². The van der Waals surface area contributed by atoms with Gasteiger partial charge >= 0.3 is 0 Å². The maximum absolute atomic E-state index is 11.5. The summed E-state index contributed by atoms with van der Waals surface area (Å²) in [5, 5.41) is 74.4. The fourth-order valence-corrected chi connectivity index (χ4v) is 12.4. The zero-order valence-electron chi connectivity index (χ0n) is 28.4. The molecule has 1 heterocycles. The van der Waals surface area contributed by atoms with Gasteiger partial charge in [0.2, 0.25) is 0 Å². The Morgan fingerprint density at radius 3 is 2.13 bits per heavy atom. The predicted octanol–water partition coefficient (Wildman–Crippen LogP) is 2.91. The largest absolute Gasteiger partial charge is 0.396 e. The summed E-state index contributed by atoms with van der Waals surface area (Å²) in [4.78, 5) is 0. The van der Waals surface area contributed by atoms with E-state index in [2.05, 4.69) is 40.7 Å². The monoisotopic (exact) mass is 636 g/mol. The summed E-state index contributed by atoms with van der Waals surface area (Å²) in [5.74, 6) is 0.798. The number of fused-ring (bicyclic) bond motifs is 7. The van der Waals surface area contributed by atoms with Crippen LogP contribution in [0.2, 0.25) is 0 Å². The Morgan fingerprint density at radius 2 is 1.49 bits per heavy atom. The molecule has 1 saturated heterocycles. The van der Waals surface area contributed by atoms with Crippen molar-refractivity contribution in [1.29, 1.82) is 0 Å². The Morgan fingerprint density at radius 1 is 0.800 bits per heavy atom. The second kappa shape index (κ2) is 10.9. The van der Waals surface area contributed by atoms with Crippen LogP contribution < -0.4 is 0 Å². The standard InChI is InChI=1S/C36H60O9/c1-31(2)16-20-19-8-9-23-33(5)12-11-24(45-30-27(41)26(40)25(39)21(17-37)44-30)32(3,4)22(33)10-13-35(23,7)34(19,6)14-15-36(20,18-38)29(43)28(31)42/h8,20-30,37-43H,9-18H2,1-7H3/t20-,21+,22-,23+,24-,25+,26-,27+,28-,29-,30-,33-,34+,35+,36-/m0/s1. The van der Waals surface area contributed by atoms with Gasteiger partial charge in [-0.2, -0.15) is 0 Å². The van der Waals surface area contributed by atoms with Crippen molar-refractivity contribution in [2.45, 2.75) is 149 Å². The quantitative estimate of drug-likeness (QED) is 0.182. The van der Waals surface area contributed by atoms with Gasteiger partial charge in [0.25, 0.3) is 0 Å². The zero-order valence-corrected chi connectivity index (χ0v) is 28.4. The van der Waals surface area contributed by atoms with E-state index < -0.39 is 60.4 Å². The lowest BCUT2D eigenvalue weighted by Gasteiger charge is -2.72. The lowest BCUT2D eigenvalue weighted by Crippen LogP contribution is -2.68. The van der Waals surface area contributed by atoms with Crippen LogP contribution in [0.25, 0.3) is 0 Å². The van der Waals surface area contributed by atoms with E-state index in [1.807, 2.05) is 13.8 Å². The van der Waals surface area contributed by atoms with Gasteiger partial charge in [0.15, 0.2) is 6.29 Å². The van der Waals surface area contributed by atoms with Crippen molar-refractivity contribution in [2.24, 2.45) is 50.2 Å². The Balaban J connectivity index is 1.29. The van der Waals surface area contributed by atoms with Crippen LogP contribution in [0.4, 0.5) is 0 Å². The fraction of sp³-hybridized carbons (Fsp3) is 0.944. The van der Waals surface area contributed by atoms with E-state index in [4.69, 9.17) is 9.47 Å². The Hall–Kier alpha value is -0.620. The van der Waals surface area contributed by atoms with Crippen molar-refractivity contribution in [3.63, 3.8) is 0 Å². The minimum absolute atomic E-state index is 0.0240. The first-order valence-electron chi connectivity index (χ1n) is 17.5. The number of allylic oxidation sites excluding steroid dienone is 2. The fourth-order valence-electron chi connectivity index (χ4n) is 12.4. The van der Waals surface area contributed by atoms with E-state index in [0.29, 0.717) is 18.3 Å². The third kappa shape index (κ3) is 4.51. The van der Waals surface area contributed by atoms with Gasteiger partial charge in [-0.15, -0.1) is 0 Å². The van der Waals surface area contributed by atoms with Crippen LogP contribution in [0.5, 0.6) is 0 Å². The lowest BCUT2D eigenvalue weighted by atomic mass is 9.33. The molecule has 6 aliphatic rings. The van der Waals surface area contributed by atoms with Gasteiger partial charge in [-0.1, -0.05) is 60.1 Å². The summed E-state index contributed by atoms with van der Waals surface area (Å²) in [5.41, 5.74) is -0.0657. The highest BCUT2D eigenvalue weighted by molar-refractivity contribution is 5.35. The van der Waals surface area contributed by atoms with E-state index >= 15 is 0 Å². The number of aliphatic hydroxyl groups excluding tert-OH is 7. The second-order valence-corrected chi connectivity index (χ2v) is 18.0. The van der Waals surface area contributed by atoms with Crippen LogP contribution in [0.15, 0.2) is 11.6 Å². The first-order chi connectivity index (χ1) is 20.9. The third-order valence-corrected chi connectivity index (χ3v) is 15.5. The average Bonchev–Trinajstić information content (AvgIpc) is 2.98. The Labute approximate surface area is 269 Å². The number of aliphatic hydroxyl groups is 7. The molecule has 45 heavy (non-hydrogen) atoms. The van der Waals surface area contributed by atoms with Crippen LogP contribution >= 0.6 is 0 Å². The molecule has 0 unspecified atom stereocenters. The zero-order chi connectivity index (χ0) is 33.1. The lowest BCUT2D eigenvalue weighted by molar-refractivity contribution is -0.330. The molecule has 258 valence electrons. The van der Waals surface area contributed by atoms with Crippen molar-refractivity contribution in [2.75, 3.05) is 13.2 Å². The molecule has 5 aliphatic carbocycles. The van der Waals surface area contributed by atoms with Crippen molar-refractivity contribution >= 4 is 0 Å². The molecule has 0 bridgehead atoms. The van der Waals surface area contributed by atoms with E-state index in [0.717, 1.165) is 44.9 Å². The van der Waals surface area contributed by atoms with Crippen LogP contribution in [0.1, 0.15) is 99.8 Å². The smallest absolute Gasteiger partial charge is 0.186 e. The molecule has 0 aromatic carbocycles. The van der Waals surface area contributed by atoms with Gasteiger partial charge in [-0.25, -0.2) is 0 Å². The molecule has 1 aliphatic heterocycles. The summed E-state index contributed by atoms with van der Waals surface area (Å²) < 4.78 is 12.2. The molecule has 7 N–H and O–H groups in total. The summed E-state index contributed by atoms with van der Waals surface area (Å²) in [7, 11) is 0. The highest BCUT2D eigenvalue weighted by atomic mass is 16.7. The Kier molecular flexibility index (Phi) is 8.33. The normalized spacial score (nSPS) is 55.4. The molecular formula is C36H60O9. The second-order valence-electron chi connectivity index (χ2n) is 18.0. The summed E-state index contributed by atoms with van der Waals surface area (Å²) in [6.45, 7) is 15.4. The van der Waals surface area contributed by atoms with Crippen LogP contribution in [0, 0.1) is 50.2 Å². The first-order valence-corrected chi connectivity index (χ1v) is 17.5. The topological polar surface area (TPSA) is 160 Å². The molecule has 0 spiro atoms. The van der Waals surface area contributed by atoms with Gasteiger partial charge < -0.3 is 45.2 Å². The molecule has 4 saturated carbocycles. The average molecular weight is 637 g/mol. The summed E-state index contributed by atoms with van der Waals surface area (Å²) >= 11 is 0. The maximum atomic E-state index is 11.5. The van der Waals surface area contributed by atoms with Gasteiger partial charge in [0.05, 0.1) is 31.5 Å². The van der Waals surface area contributed by atoms with Crippen LogP contribution in [-0.4, -0.2) is 98.0 Å². The van der Waals surface area contributed by atoms with Crippen LogP contribution in [0.3, 0.4) is 0 Å². The van der Waals surface area contributed by atoms with Crippen molar-refractivity contribution < 1.29 is 45.2 Å².